The number of anilines is 1. The van der Waals surface area contributed by atoms with Gasteiger partial charge in [0, 0.05) is 29.4 Å². The lowest BCUT2D eigenvalue weighted by molar-refractivity contribution is -0.116. The Morgan fingerprint density at radius 2 is 2.19 bits per heavy atom. The first-order chi connectivity index (χ1) is 7.29. The summed E-state index contributed by atoms with van der Waals surface area (Å²) in [5, 5.41) is 3.23. The van der Waals surface area contributed by atoms with Gasteiger partial charge in [-0.3, -0.25) is 4.79 Å². The number of rotatable bonds is 3. The lowest BCUT2D eigenvalue weighted by atomic mass is 9.96. The fourth-order valence-electron chi connectivity index (χ4n) is 1.04. The smallest absolute Gasteiger partial charge is 0.227 e. The molecule has 0 aliphatic heterocycles. The Morgan fingerprint density at radius 1 is 1.56 bits per heavy atom. The second-order valence-corrected chi connectivity index (χ2v) is 5.65. The molecule has 0 saturated carbocycles. The summed E-state index contributed by atoms with van der Waals surface area (Å²) in [6, 6.07) is -0.144. The lowest BCUT2D eigenvalue weighted by Gasteiger charge is -2.12. The molecule has 1 unspecified atom stereocenters. The molecule has 16 heavy (non-hydrogen) atoms. The van der Waals surface area contributed by atoms with Crippen LogP contribution in [0.3, 0.4) is 0 Å². The van der Waals surface area contributed by atoms with Gasteiger partial charge in [-0.2, -0.15) is 4.37 Å². The van der Waals surface area contributed by atoms with Crippen LogP contribution in [0.1, 0.15) is 39.9 Å². The Hall–Kier alpha value is -1.01. The van der Waals surface area contributed by atoms with Crippen LogP contribution in [0.5, 0.6) is 0 Å². The fraction of sp³-hybridized carbons (Fsp3) is 0.700. The van der Waals surface area contributed by atoms with E-state index in [1.807, 2.05) is 20.8 Å². The van der Waals surface area contributed by atoms with Crippen molar-refractivity contribution >= 4 is 22.6 Å². The van der Waals surface area contributed by atoms with E-state index in [0.29, 0.717) is 11.6 Å². The van der Waals surface area contributed by atoms with Gasteiger partial charge in [-0.25, -0.2) is 4.98 Å². The highest BCUT2D eigenvalue weighted by Gasteiger charge is 2.20. The van der Waals surface area contributed by atoms with Crippen LogP contribution in [0.2, 0.25) is 0 Å². The largest absolute Gasteiger partial charge is 0.327 e. The maximum atomic E-state index is 11.4. The quantitative estimate of drug-likeness (QED) is 0.842. The first kappa shape index (κ1) is 13.1. The van der Waals surface area contributed by atoms with Crippen molar-refractivity contribution < 1.29 is 4.79 Å². The van der Waals surface area contributed by atoms with Gasteiger partial charge in [0.05, 0.1) is 0 Å². The van der Waals surface area contributed by atoms with E-state index in [1.54, 1.807) is 6.92 Å². The van der Waals surface area contributed by atoms with Crippen molar-refractivity contribution in [3.05, 3.63) is 5.82 Å². The fourth-order valence-corrected chi connectivity index (χ4v) is 1.82. The molecule has 1 amide bonds. The standard InChI is InChI=1S/C10H18N4OS/c1-6(11)5-7(15)12-9-13-8(14-16-9)10(2,3)4/h6H,5,11H2,1-4H3,(H,12,13,14,15). The number of carbonyl (C=O) groups excluding carboxylic acids is 1. The predicted molar refractivity (Wildman–Crippen MR) is 65.5 cm³/mol. The molecule has 0 aliphatic carbocycles. The molecule has 0 radical (unpaired) electrons. The van der Waals surface area contributed by atoms with E-state index in [9.17, 15) is 4.79 Å². The molecular weight excluding hydrogens is 224 g/mol. The Bertz CT molecular complexity index is 367. The normalized spacial score (nSPS) is 13.6. The van der Waals surface area contributed by atoms with Gasteiger partial charge in [0.2, 0.25) is 11.0 Å². The maximum Gasteiger partial charge on any atom is 0.227 e. The number of nitrogens with zero attached hydrogens (tertiary/aromatic N) is 2. The molecule has 1 aromatic rings. The highest BCUT2D eigenvalue weighted by atomic mass is 32.1. The zero-order chi connectivity index (χ0) is 12.3. The van der Waals surface area contributed by atoms with Gasteiger partial charge >= 0.3 is 0 Å². The van der Waals surface area contributed by atoms with Crippen molar-refractivity contribution in [3.8, 4) is 0 Å². The number of nitrogens with two attached hydrogens (primary N) is 1. The van der Waals surface area contributed by atoms with Crippen LogP contribution in [-0.2, 0) is 10.2 Å². The molecule has 0 aliphatic rings. The number of carbonyl (C=O) groups is 1. The van der Waals surface area contributed by atoms with E-state index >= 15 is 0 Å². The second-order valence-electron chi connectivity index (χ2n) is 4.90. The number of hydrogen-bond donors (Lipinski definition) is 2. The van der Waals surface area contributed by atoms with Crippen molar-refractivity contribution in [1.82, 2.24) is 9.36 Å². The maximum absolute atomic E-state index is 11.4. The van der Waals surface area contributed by atoms with Gasteiger partial charge in [-0.15, -0.1) is 0 Å². The Morgan fingerprint density at radius 3 is 2.62 bits per heavy atom. The third kappa shape index (κ3) is 3.86. The van der Waals surface area contributed by atoms with Crippen LogP contribution < -0.4 is 11.1 Å². The molecule has 0 fully saturated rings. The molecule has 1 rings (SSSR count). The Kier molecular flexibility index (Phi) is 3.98. The van der Waals surface area contributed by atoms with Crippen molar-refractivity contribution in [2.75, 3.05) is 5.32 Å². The molecule has 6 heteroatoms. The predicted octanol–water partition coefficient (Wildman–Crippen LogP) is 1.51. The highest BCUT2D eigenvalue weighted by molar-refractivity contribution is 7.09. The molecule has 0 saturated heterocycles. The number of nitrogens with one attached hydrogen (secondary N) is 1. The summed E-state index contributed by atoms with van der Waals surface area (Å²) in [6.07, 6.45) is 0.296. The van der Waals surface area contributed by atoms with Crippen LogP contribution in [0, 0.1) is 0 Å². The highest BCUT2D eigenvalue weighted by Crippen LogP contribution is 2.22. The molecule has 0 bridgehead atoms. The Labute approximate surface area is 99.6 Å². The van der Waals surface area contributed by atoms with Gasteiger partial charge in [0.25, 0.3) is 0 Å². The minimum atomic E-state index is -0.144. The first-order valence-corrected chi connectivity index (χ1v) is 5.96. The van der Waals surface area contributed by atoms with E-state index in [0.717, 1.165) is 5.82 Å². The molecule has 90 valence electrons. The molecular formula is C10H18N4OS. The van der Waals surface area contributed by atoms with Gasteiger partial charge in [-0.1, -0.05) is 20.8 Å². The minimum Gasteiger partial charge on any atom is -0.327 e. The van der Waals surface area contributed by atoms with Crippen molar-refractivity contribution in [3.63, 3.8) is 0 Å². The third-order valence-electron chi connectivity index (χ3n) is 1.85. The topological polar surface area (TPSA) is 80.9 Å². The monoisotopic (exact) mass is 242 g/mol. The zero-order valence-electron chi connectivity index (χ0n) is 10.1. The summed E-state index contributed by atoms with van der Waals surface area (Å²) >= 11 is 1.20. The molecule has 1 atom stereocenters. The van der Waals surface area contributed by atoms with Crippen molar-refractivity contribution in [1.29, 1.82) is 0 Å². The average molecular weight is 242 g/mol. The number of aromatic nitrogens is 2. The summed E-state index contributed by atoms with van der Waals surface area (Å²) in [5.74, 6) is 0.625. The second kappa shape index (κ2) is 4.88. The van der Waals surface area contributed by atoms with Crippen LogP contribution in [0.4, 0.5) is 5.13 Å². The van der Waals surface area contributed by atoms with Gasteiger partial charge < -0.3 is 11.1 Å². The lowest BCUT2D eigenvalue weighted by Crippen LogP contribution is -2.24. The zero-order valence-corrected chi connectivity index (χ0v) is 10.9. The van der Waals surface area contributed by atoms with E-state index in [-0.39, 0.29) is 17.4 Å². The Balaban J connectivity index is 2.62. The third-order valence-corrected chi connectivity index (χ3v) is 2.48. The number of hydrogen-bond acceptors (Lipinski definition) is 5. The van der Waals surface area contributed by atoms with Crippen LogP contribution in [-0.4, -0.2) is 21.3 Å². The van der Waals surface area contributed by atoms with Gasteiger partial charge in [-0.05, 0) is 6.92 Å². The molecule has 1 aromatic heterocycles. The SMILES string of the molecule is CC(N)CC(=O)Nc1nc(C(C)(C)C)ns1. The van der Waals surface area contributed by atoms with Gasteiger partial charge in [0.15, 0.2) is 0 Å². The molecule has 1 heterocycles. The van der Waals surface area contributed by atoms with E-state index < -0.39 is 0 Å². The summed E-state index contributed by atoms with van der Waals surface area (Å²) in [5.41, 5.74) is 5.43. The molecule has 3 N–H and O–H groups in total. The van der Waals surface area contributed by atoms with Crippen LogP contribution >= 0.6 is 11.5 Å². The van der Waals surface area contributed by atoms with Crippen molar-refractivity contribution in [2.24, 2.45) is 5.73 Å². The number of amides is 1. The van der Waals surface area contributed by atoms with Crippen LogP contribution in [0.25, 0.3) is 0 Å². The first-order valence-electron chi connectivity index (χ1n) is 5.18. The van der Waals surface area contributed by atoms with Crippen molar-refractivity contribution in [2.45, 2.75) is 45.6 Å². The molecule has 0 aromatic carbocycles. The molecule has 0 spiro atoms. The average Bonchev–Trinajstić information content (AvgIpc) is 2.49. The van der Waals surface area contributed by atoms with E-state index in [2.05, 4.69) is 14.7 Å². The molecule has 5 nitrogen and oxygen atoms in total. The van der Waals surface area contributed by atoms with E-state index in [4.69, 9.17) is 5.73 Å². The summed E-state index contributed by atoms with van der Waals surface area (Å²) in [6.45, 7) is 7.88. The summed E-state index contributed by atoms with van der Waals surface area (Å²) < 4.78 is 4.20. The van der Waals surface area contributed by atoms with Gasteiger partial charge in [0.1, 0.15) is 5.82 Å². The summed E-state index contributed by atoms with van der Waals surface area (Å²) in [4.78, 5) is 15.7. The minimum absolute atomic E-state index is 0.0966. The van der Waals surface area contributed by atoms with Crippen LogP contribution in [0.15, 0.2) is 0 Å². The van der Waals surface area contributed by atoms with E-state index in [1.165, 1.54) is 11.5 Å². The summed E-state index contributed by atoms with van der Waals surface area (Å²) in [7, 11) is 0.